The summed E-state index contributed by atoms with van der Waals surface area (Å²) in [4.78, 5) is 0. The van der Waals surface area contributed by atoms with E-state index in [4.69, 9.17) is 9.47 Å². The highest BCUT2D eigenvalue weighted by Gasteiger charge is 2.57. The van der Waals surface area contributed by atoms with Crippen LogP contribution >= 0.6 is 23.5 Å². The molecule has 4 aromatic rings. The molecule has 0 spiro atoms. The van der Waals surface area contributed by atoms with Crippen LogP contribution in [0.5, 0.6) is 23.0 Å². The molecule has 17 heteroatoms. The van der Waals surface area contributed by atoms with Crippen LogP contribution in [-0.4, -0.2) is 75.7 Å². The molecule has 5 nitrogen and oxygen atoms in total. The van der Waals surface area contributed by atoms with Crippen LogP contribution in [0.25, 0.3) is 0 Å². The largest absolute Gasteiger partial charge is 0.508 e. The van der Waals surface area contributed by atoms with Gasteiger partial charge < -0.3 is 24.8 Å². The van der Waals surface area contributed by atoms with Gasteiger partial charge in [-0.05, 0) is 108 Å². The van der Waals surface area contributed by atoms with Crippen LogP contribution in [0.3, 0.4) is 0 Å². The molecule has 79 heavy (non-hydrogen) atoms. The van der Waals surface area contributed by atoms with Gasteiger partial charge in [0.25, 0.3) is 0 Å². The summed E-state index contributed by atoms with van der Waals surface area (Å²) in [6.07, 6.45) is 3.68. The van der Waals surface area contributed by atoms with Gasteiger partial charge in [0.2, 0.25) is 0 Å². The maximum Gasteiger partial charge on any atom is 0.453 e. The van der Waals surface area contributed by atoms with Crippen molar-refractivity contribution in [2.24, 2.45) is 0 Å². The minimum absolute atomic E-state index is 0.00469. The van der Waals surface area contributed by atoms with E-state index in [1.54, 1.807) is 24.3 Å². The van der Waals surface area contributed by atoms with Crippen molar-refractivity contribution in [3.8, 4) is 23.0 Å². The number of thioether (sulfide) groups is 2. The lowest BCUT2D eigenvalue weighted by molar-refractivity contribution is -0.284. The SMILES string of the molecule is C[C@]1(c2ccc(CO)cc2)COc2cc(O)ccc2[C@H]1CCCCCCCCCSCCCC(F)(F)C(F)(F)F.Cc1ccc([C@@]2(C)COc3cc(O)ccc3[C@H]2CCCCCCCCCSCCCC(F)(F)C(F)(F)F)cc1. The summed E-state index contributed by atoms with van der Waals surface area (Å²) >= 11 is 2.91. The van der Waals surface area contributed by atoms with E-state index < -0.39 is 37.0 Å². The van der Waals surface area contributed by atoms with Crippen LogP contribution in [-0.2, 0) is 17.4 Å². The molecule has 0 aromatic heterocycles. The molecule has 0 saturated carbocycles. The lowest BCUT2D eigenvalue weighted by Gasteiger charge is -2.43. The molecule has 2 aliphatic heterocycles. The number of rotatable bonds is 31. The number of alkyl halides is 10. The van der Waals surface area contributed by atoms with Gasteiger partial charge in [-0.1, -0.05) is 157 Å². The van der Waals surface area contributed by atoms with Gasteiger partial charge in [0.1, 0.15) is 23.0 Å². The maximum absolute atomic E-state index is 12.9. The van der Waals surface area contributed by atoms with Crippen molar-refractivity contribution in [3.05, 3.63) is 118 Å². The smallest absolute Gasteiger partial charge is 0.453 e. The first-order valence-electron chi connectivity index (χ1n) is 28.2. The van der Waals surface area contributed by atoms with Gasteiger partial charge in [0.05, 0.1) is 19.8 Å². The van der Waals surface area contributed by atoms with Crippen molar-refractivity contribution < 1.29 is 68.7 Å². The second-order valence-corrected chi connectivity index (χ2v) is 24.5. The molecule has 3 N–H and O–H groups in total. The highest BCUT2D eigenvalue weighted by molar-refractivity contribution is 7.99. The Morgan fingerprint density at radius 2 is 0.810 bits per heavy atom. The van der Waals surface area contributed by atoms with E-state index in [0.29, 0.717) is 24.7 Å². The average Bonchev–Trinajstić information content (AvgIpc) is 3.59. The fourth-order valence-corrected chi connectivity index (χ4v) is 12.7. The first-order valence-corrected chi connectivity index (χ1v) is 30.5. The van der Waals surface area contributed by atoms with Crippen molar-refractivity contribution in [1.29, 1.82) is 0 Å². The number of phenols is 2. The monoisotopic (exact) mass is 1160 g/mol. The fourth-order valence-electron chi connectivity index (χ4n) is 10.8. The average molecular weight is 1160 g/mol. The Morgan fingerprint density at radius 3 is 1.18 bits per heavy atom. The molecular weight excluding hydrogens is 1080 g/mol. The Bertz CT molecular complexity index is 2400. The number of aryl methyl sites for hydroxylation is 1. The van der Waals surface area contributed by atoms with Crippen LogP contribution in [0.4, 0.5) is 43.9 Å². The molecule has 0 unspecified atom stereocenters. The van der Waals surface area contributed by atoms with E-state index >= 15 is 0 Å². The number of fused-ring (bicyclic) bond motifs is 2. The number of aliphatic hydroxyl groups is 1. The first-order chi connectivity index (χ1) is 37.4. The summed E-state index contributed by atoms with van der Waals surface area (Å²) in [7, 11) is 0. The Kier molecular flexibility index (Phi) is 25.8. The zero-order valence-electron chi connectivity index (χ0n) is 46.1. The maximum atomic E-state index is 12.9. The van der Waals surface area contributed by atoms with Crippen LogP contribution in [0.15, 0.2) is 84.9 Å². The van der Waals surface area contributed by atoms with E-state index in [-0.39, 0.29) is 53.6 Å². The Labute approximate surface area is 470 Å². The number of aromatic hydroxyl groups is 2. The summed E-state index contributed by atoms with van der Waals surface area (Å²) in [5.74, 6) is -4.49. The summed E-state index contributed by atoms with van der Waals surface area (Å²) in [5.41, 5.74) is 6.40. The minimum atomic E-state index is -5.45. The first kappa shape index (κ1) is 65.8. The summed E-state index contributed by atoms with van der Waals surface area (Å²) < 4.78 is 137. The standard InChI is InChI=1S/C31H41F5O3S.C31H41F5O2S/c1-29(24-13-11-23(21-37)12-14-24)22-39-28-20-25(38)15-16-26(28)27(29)10-7-5-3-2-4-6-8-18-40-19-9-17-30(32,33)31(34,35)36;1-23-12-14-24(15-13-23)29(2)22-38-28-21-25(37)16-17-26(28)27(29)11-8-6-4-3-5-7-9-19-39-20-10-18-30(32,33)31(34,35)36/h11-16,20,27,37-38H,2-10,17-19,21-22H2,1H3;12-17,21,27,37H,3-11,18-20,22H2,1-2H3/t2*27-,29-/m11/s1. The number of halogens is 10. The van der Waals surface area contributed by atoms with E-state index in [2.05, 4.69) is 57.2 Å². The topological polar surface area (TPSA) is 79.2 Å². The van der Waals surface area contributed by atoms with Crippen LogP contribution in [0.2, 0.25) is 0 Å². The number of ether oxygens (including phenoxy) is 2. The predicted octanol–water partition coefficient (Wildman–Crippen LogP) is 19.1. The van der Waals surface area contributed by atoms with Crippen molar-refractivity contribution in [2.75, 3.05) is 36.2 Å². The molecule has 0 bridgehead atoms. The van der Waals surface area contributed by atoms with Gasteiger partial charge in [0.15, 0.2) is 0 Å². The van der Waals surface area contributed by atoms with Crippen molar-refractivity contribution in [3.63, 3.8) is 0 Å². The molecule has 0 aliphatic carbocycles. The molecule has 6 rings (SSSR count). The fraction of sp³-hybridized carbons (Fsp3) is 0.613. The summed E-state index contributed by atoms with van der Waals surface area (Å²) in [6.45, 7) is 7.67. The lowest BCUT2D eigenvalue weighted by Crippen LogP contribution is -2.40. The summed E-state index contributed by atoms with van der Waals surface area (Å²) in [6, 6.07) is 27.6. The number of hydrogen-bond acceptors (Lipinski definition) is 7. The van der Waals surface area contributed by atoms with Crippen LogP contribution in [0, 0.1) is 6.92 Å². The molecule has 0 amide bonds. The third kappa shape index (κ3) is 19.6. The molecule has 4 atom stereocenters. The highest BCUT2D eigenvalue weighted by Crippen LogP contribution is 2.51. The Hall–Kier alpha value is -3.96. The van der Waals surface area contributed by atoms with Gasteiger partial charge in [-0.25, -0.2) is 0 Å². The zero-order valence-corrected chi connectivity index (χ0v) is 47.7. The molecule has 2 aliphatic rings. The van der Waals surface area contributed by atoms with Gasteiger partial charge >= 0.3 is 24.2 Å². The van der Waals surface area contributed by atoms with E-state index in [1.165, 1.54) is 40.2 Å². The quantitative estimate of drug-likeness (QED) is 0.0342. The predicted molar refractivity (Wildman–Crippen MR) is 300 cm³/mol. The van der Waals surface area contributed by atoms with Gasteiger partial charge in [-0.2, -0.15) is 67.4 Å². The number of phenolic OH excluding ortho intramolecular Hbond substituents is 2. The molecular formula is C62H82F10O5S2. The molecule has 442 valence electrons. The lowest BCUT2D eigenvalue weighted by atomic mass is 9.66. The van der Waals surface area contributed by atoms with Gasteiger partial charge in [0, 0.05) is 47.6 Å². The zero-order chi connectivity index (χ0) is 57.7. The Balaban J connectivity index is 0.000000291. The third-order valence-electron chi connectivity index (χ3n) is 15.8. The van der Waals surface area contributed by atoms with E-state index in [9.17, 15) is 59.2 Å². The third-order valence-corrected chi connectivity index (χ3v) is 18.1. The van der Waals surface area contributed by atoms with Gasteiger partial charge in [-0.3, -0.25) is 0 Å². The van der Waals surface area contributed by atoms with Crippen molar-refractivity contribution in [2.45, 2.75) is 203 Å². The van der Waals surface area contributed by atoms with E-state index in [1.807, 2.05) is 24.3 Å². The number of benzene rings is 4. The molecule has 0 fully saturated rings. The van der Waals surface area contributed by atoms with Crippen molar-refractivity contribution in [1.82, 2.24) is 0 Å². The number of aliphatic hydroxyl groups excluding tert-OH is 1. The minimum Gasteiger partial charge on any atom is -0.508 e. The second kappa shape index (κ2) is 30.9. The summed E-state index contributed by atoms with van der Waals surface area (Å²) in [5, 5.41) is 29.3. The Morgan fingerprint density at radius 1 is 0.468 bits per heavy atom. The second-order valence-electron chi connectivity index (χ2n) is 22.0. The van der Waals surface area contributed by atoms with Crippen molar-refractivity contribution >= 4 is 23.5 Å². The van der Waals surface area contributed by atoms with Crippen LogP contribution < -0.4 is 9.47 Å². The highest BCUT2D eigenvalue weighted by atomic mass is 32.2. The number of unbranched alkanes of at least 4 members (excludes halogenated alkanes) is 12. The normalized spacial score (nSPS) is 19.4. The van der Waals surface area contributed by atoms with E-state index in [0.717, 1.165) is 142 Å². The molecule has 0 saturated heterocycles. The molecule has 4 aromatic carbocycles. The molecule has 0 radical (unpaired) electrons. The van der Waals surface area contributed by atoms with Gasteiger partial charge in [-0.15, -0.1) is 0 Å². The number of hydrogen-bond donors (Lipinski definition) is 3. The van der Waals surface area contributed by atoms with Crippen LogP contribution in [0.1, 0.15) is 187 Å². The molecule has 2 heterocycles.